The van der Waals surface area contributed by atoms with Crippen LogP contribution in [0.5, 0.6) is 0 Å². The van der Waals surface area contributed by atoms with Gasteiger partial charge in [0.15, 0.2) is 0 Å². The summed E-state index contributed by atoms with van der Waals surface area (Å²) >= 11 is 1.90. The van der Waals surface area contributed by atoms with E-state index < -0.39 is 0 Å². The number of unbranched alkanes of at least 4 members (excludes halogenated alkanes) is 1. The van der Waals surface area contributed by atoms with Crippen LogP contribution in [-0.2, 0) is 19.3 Å². The van der Waals surface area contributed by atoms with Crippen LogP contribution < -0.4 is 0 Å². The Morgan fingerprint density at radius 1 is 0.808 bits per heavy atom. The van der Waals surface area contributed by atoms with Crippen LogP contribution in [0.15, 0.2) is 53.4 Å². The monoisotopic (exact) mass is 369 g/mol. The van der Waals surface area contributed by atoms with Gasteiger partial charge in [-0.15, -0.1) is 0 Å². The van der Waals surface area contributed by atoms with Crippen molar-refractivity contribution < 1.29 is 0 Å². The molecule has 0 bridgehead atoms. The molecule has 2 rings (SSSR count). The fourth-order valence-electron chi connectivity index (χ4n) is 3.13. The molecule has 2 aromatic rings. The molecule has 0 heterocycles. The molecule has 0 saturated carbocycles. The SMILES string of the molecule is CCc1ccc(CCCCN(CC)Sc2ccc(CC(C)C)cc2)cc1. The van der Waals surface area contributed by atoms with Crippen molar-refractivity contribution in [3.05, 3.63) is 65.2 Å². The summed E-state index contributed by atoms with van der Waals surface area (Å²) in [5.41, 5.74) is 4.35. The van der Waals surface area contributed by atoms with Crippen molar-refractivity contribution in [1.29, 1.82) is 0 Å². The first-order chi connectivity index (χ1) is 12.6. The van der Waals surface area contributed by atoms with Crippen molar-refractivity contribution in [3.8, 4) is 0 Å². The predicted octanol–water partition coefficient (Wildman–Crippen LogP) is 6.80. The number of aryl methyl sites for hydroxylation is 2. The zero-order chi connectivity index (χ0) is 18.8. The lowest BCUT2D eigenvalue weighted by Crippen LogP contribution is -2.16. The second-order valence-corrected chi connectivity index (χ2v) is 8.65. The Morgan fingerprint density at radius 3 is 2.00 bits per heavy atom. The molecule has 0 atom stereocenters. The molecular formula is C24H35NS. The molecule has 0 radical (unpaired) electrons. The van der Waals surface area contributed by atoms with Gasteiger partial charge >= 0.3 is 0 Å². The summed E-state index contributed by atoms with van der Waals surface area (Å²) in [5.74, 6) is 0.721. The average Bonchev–Trinajstić information content (AvgIpc) is 2.65. The van der Waals surface area contributed by atoms with Gasteiger partial charge in [-0.05, 0) is 78.8 Å². The Labute approximate surface area is 165 Å². The summed E-state index contributed by atoms with van der Waals surface area (Å²) in [7, 11) is 0. The maximum absolute atomic E-state index is 2.48. The van der Waals surface area contributed by atoms with Gasteiger partial charge in [-0.1, -0.05) is 64.1 Å². The van der Waals surface area contributed by atoms with Gasteiger partial charge in [-0.25, -0.2) is 4.31 Å². The number of rotatable bonds is 11. The van der Waals surface area contributed by atoms with Gasteiger partial charge in [0.2, 0.25) is 0 Å². The molecule has 0 saturated heterocycles. The highest BCUT2D eigenvalue weighted by molar-refractivity contribution is 7.97. The second kappa shape index (κ2) is 11.5. The zero-order valence-corrected chi connectivity index (χ0v) is 17.8. The maximum Gasteiger partial charge on any atom is 0.0230 e. The van der Waals surface area contributed by atoms with E-state index in [1.165, 1.54) is 47.3 Å². The molecule has 0 aromatic heterocycles. The first kappa shape index (κ1) is 21.1. The fourth-order valence-corrected chi connectivity index (χ4v) is 4.04. The summed E-state index contributed by atoms with van der Waals surface area (Å²) < 4.78 is 2.48. The molecule has 0 amide bonds. The van der Waals surface area contributed by atoms with Crippen LogP contribution in [0.4, 0.5) is 0 Å². The highest BCUT2D eigenvalue weighted by Gasteiger charge is 2.06. The summed E-state index contributed by atoms with van der Waals surface area (Å²) in [4.78, 5) is 1.36. The lowest BCUT2D eigenvalue weighted by molar-refractivity contribution is 0.473. The normalized spacial score (nSPS) is 11.5. The average molecular weight is 370 g/mol. The summed E-state index contributed by atoms with van der Waals surface area (Å²) in [6.07, 6.45) is 6.00. The smallest absolute Gasteiger partial charge is 0.0230 e. The van der Waals surface area contributed by atoms with E-state index in [0.717, 1.165) is 25.4 Å². The molecule has 0 fully saturated rings. The molecule has 26 heavy (non-hydrogen) atoms. The molecule has 2 aromatic carbocycles. The number of hydrogen-bond acceptors (Lipinski definition) is 2. The van der Waals surface area contributed by atoms with E-state index in [1.807, 2.05) is 11.9 Å². The number of nitrogens with zero attached hydrogens (tertiary/aromatic N) is 1. The predicted molar refractivity (Wildman–Crippen MR) is 117 cm³/mol. The van der Waals surface area contributed by atoms with Crippen molar-refractivity contribution in [2.24, 2.45) is 5.92 Å². The van der Waals surface area contributed by atoms with Crippen LogP contribution in [0.1, 0.15) is 57.2 Å². The lowest BCUT2D eigenvalue weighted by Gasteiger charge is -2.19. The molecule has 0 aliphatic heterocycles. The summed E-state index contributed by atoms with van der Waals surface area (Å²) in [6, 6.07) is 18.3. The Balaban J connectivity index is 1.72. The first-order valence-corrected chi connectivity index (χ1v) is 11.0. The summed E-state index contributed by atoms with van der Waals surface area (Å²) in [5, 5.41) is 0. The standard InChI is InChI=1S/C24H35NS/c1-5-21-10-12-22(13-11-21)9-7-8-18-25(6-2)26-24-16-14-23(15-17-24)19-20(3)4/h10-17,20H,5-9,18-19H2,1-4H3. The number of benzene rings is 2. The van der Waals surface area contributed by atoms with E-state index in [9.17, 15) is 0 Å². The molecule has 142 valence electrons. The first-order valence-electron chi connectivity index (χ1n) is 10.2. The summed E-state index contributed by atoms with van der Waals surface area (Å²) in [6.45, 7) is 11.3. The van der Waals surface area contributed by atoms with E-state index in [2.05, 4.69) is 80.5 Å². The van der Waals surface area contributed by atoms with Crippen molar-refractivity contribution in [3.63, 3.8) is 0 Å². The van der Waals surface area contributed by atoms with E-state index >= 15 is 0 Å². The quantitative estimate of drug-likeness (QED) is 0.316. The minimum absolute atomic E-state index is 0.721. The van der Waals surface area contributed by atoms with Crippen LogP contribution in [0.2, 0.25) is 0 Å². The molecule has 2 heteroatoms. The van der Waals surface area contributed by atoms with Crippen molar-refractivity contribution >= 4 is 11.9 Å². The van der Waals surface area contributed by atoms with Gasteiger partial charge in [0, 0.05) is 18.0 Å². The minimum atomic E-state index is 0.721. The van der Waals surface area contributed by atoms with E-state index in [0.29, 0.717) is 0 Å². The van der Waals surface area contributed by atoms with Crippen LogP contribution in [-0.4, -0.2) is 17.4 Å². The topological polar surface area (TPSA) is 3.24 Å². The Bertz CT molecular complexity index is 616. The van der Waals surface area contributed by atoms with Gasteiger partial charge in [0.25, 0.3) is 0 Å². The Kier molecular flexibility index (Phi) is 9.28. The third-order valence-corrected chi connectivity index (χ3v) is 5.89. The van der Waals surface area contributed by atoms with Crippen molar-refractivity contribution in [2.45, 2.75) is 64.7 Å². The Morgan fingerprint density at radius 2 is 1.42 bits per heavy atom. The zero-order valence-electron chi connectivity index (χ0n) is 17.0. The molecule has 0 aliphatic carbocycles. The lowest BCUT2D eigenvalue weighted by atomic mass is 10.0. The van der Waals surface area contributed by atoms with Gasteiger partial charge in [0.1, 0.15) is 0 Å². The van der Waals surface area contributed by atoms with Gasteiger partial charge in [0.05, 0.1) is 0 Å². The fraction of sp³-hybridized carbons (Fsp3) is 0.500. The van der Waals surface area contributed by atoms with Crippen LogP contribution >= 0.6 is 11.9 Å². The third-order valence-electron chi connectivity index (χ3n) is 4.71. The maximum atomic E-state index is 2.48. The van der Waals surface area contributed by atoms with Crippen LogP contribution in [0, 0.1) is 5.92 Å². The van der Waals surface area contributed by atoms with E-state index in [-0.39, 0.29) is 0 Å². The van der Waals surface area contributed by atoms with Crippen molar-refractivity contribution in [1.82, 2.24) is 4.31 Å². The van der Waals surface area contributed by atoms with E-state index in [4.69, 9.17) is 0 Å². The Hall–Kier alpha value is -1.25. The highest BCUT2D eigenvalue weighted by Crippen LogP contribution is 2.24. The molecular weight excluding hydrogens is 334 g/mol. The van der Waals surface area contributed by atoms with Crippen LogP contribution in [0.3, 0.4) is 0 Å². The van der Waals surface area contributed by atoms with Gasteiger partial charge in [-0.2, -0.15) is 0 Å². The molecule has 0 aliphatic rings. The largest absolute Gasteiger partial charge is 0.247 e. The molecule has 1 nitrogen and oxygen atoms in total. The van der Waals surface area contributed by atoms with E-state index in [1.54, 1.807) is 0 Å². The highest BCUT2D eigenvalue weighted by atomic mass is 32.2. The molecule has 0 spiro atoms. The minimum Gasteiger partial charge on any atom is -0.247 e. The number of hydrogen-bond donors (Lipinski definition) is 0. The van der Waals surface area contributed by atoms with Gasteiger partial charge < -0.3 is 0 Å². The van der Waals surface area contributed by atoms with Gasteiger partial charge in [-0.3, -0.25) is 0 Å². The van der Waals surface area contributed by atoms with Crippen LogP contribution in [0.25, 0.3) is 0 Å². The second-order valence-electron chi connectivity index (χ2n) is 7.48. The molecule has 0 N–H and O–H groups in total. The molecule has 0 unspecified atom stereocenters. The van der Waals surface area contributed by atoms with Crippen molar-refractivity contribution in [2.75, 3.05) is 13.1 Å². The third kappa shape index (κ3) is 7.55.